The molecule has 1 nitrogen and oxygen atoms in total. The van der Waals surface area contributed by atoms with Crippen LogP contribution in [-0.2, 0) is 0 Å². The lowest BCUT2D eigenvalue weighted by Gasteiger charge is -2.20. The minimum Gasteiger partial charge on any atom is -0.313 e. The predicted octanol–water partition coefficient (Wildman–Crippen LogP) is 3.20. The zero-order valence-electron chi connectivity index (χ0n) is 10.2. The van der Waals surface area contributed by atoms with E-state index in [9.17, 15) is 0 Å². The van der Waals surface area contributed by atoms with Gasteiger partial charge in [0.15, 0.2) is 0 Å². The van der Waals surface area contributed by atoms with Crippen molar-refractivity contribution in [2.75, 3.05) is 6.54 Å². The van der Waals surface area contributed by atoms with Crippen LogP contribution in [0.1, 0.15) is 53.4 Å². The third-order valence-electron chi connectivity index (χ3n) is 4.23. The van der Waals surface area contributed by atoms with Crippen LogP contribution in [0.3, 0.4) is 0 Å². The number of hydrogen-bond acceptors (Lipinski definition) is 1. The van der Waals surface area contributed by atoms with Crippen LogP contribution in [0.2, 0.25) is 0 Å². The fourth-order valence-electron chi connectivity index (χ4n) is 2.93. The second kappa shape index (κ2) is 3.23. The van der Waals surface area contributed by atoms with Crippen LogP contribution in [0.25, 0.3) is 0 Å². The summed E-state index contributed by atoms with van der Waals surface area (Å²) in [5, 5.41) is 3.79. The Bertz CT molecular complexity index is 215. The predicted molar refractivity (Wildman–Crippen MR) is 61.3 cm³/mol. The van der Waals surface area contributed by atoms with Crippen LogP contribution in [0.5, 0.6) is 0 Å². The molecule has 1 N–H and O–H groups in total. The largest absolute Gasteiger partial charge is 0.313 e. The summed E-state index contributed by atoms with van der Waals surface area (Å²) in [6.45, 7) is 10.9. The van der Waals surface area contributed by atoms with E-state index in [-0.39, 0.29) is 0 Å². The van der Waals surface area contributed by atoms with E-state index in [0.717, 1.165) is 12.0 Å². The van der Waals surface area contributed by atoms with Crippen molar-refractivity contribution >= 4 is 0 Å². The van der Waals surface area contributed by atoms with Crippen molar-refractivity contribution in [1.82, 2.24) is 5.32 Å². The van der Waals surface area contributed by atoms with Crippen molar-refractivity contribution in [3.05, 3.63) is 0 Å². The minimum atomic E-state index is 0.571. The highest BCUT2D eigenvalue weighted by atomic mass is 15.0. The van der Waals surface area contributed by atoms with E-state index in [1.807, 2.05) is 0 Å². The van der Waals surface area contributed by atoms with Crippen LogP contribution in [0.4, 0.5) is 0 Å². The topological polar surface area (TPSA) is 12.0 Å². The third kappa shape index (κ3) is 2.31. The summed E-state index contributed by atoms with van der Waals surface area (Å²) in [7, 11) is 0. The molecular formula is C13H25N. The monoisotopic (exact) mass is 195 g/mol. The van der Waals surface area contributed by atoms with Gasteiger partial charge in [-0.3, -0.25) is 0 Å². The molecule has 2 aliphatic rings. The molecule has 0 aromatic rings. The zero-order valence-corrected chi connectivity index (χ0v) is 10.2. The molecule has 82 valence electrons. The van der Waals surface area contributed by atoms with Crippen LogP contribution in [0, 0.1) is 16.7 Å². The molecule has 2 aliphatic carbocycles. The molecule has 0 heterocycles. The van der Waals surface area contributed by atoms with Gasteiger partial charge in [0, 0.05) is 12.6 Å². The lowest BCUT2D eigenvalue weighted by Crippen LogP contribution is -2.35. The van der Waals surface area contributed by atoms with Crippen molar-refractivity contribution in [3.8, 4) is 0 Å². The van der Waals surface area contributed by atoms with Gasteiger partial charge in [-0.1, -0.05) is 27.7 Å². The van der Waals surface area contributed by atoms with Gasteiger partial charge in [-0.25, -0.2) is 0 Å². The highest BCUT2D eigenvalue weighted by molar-refractivity contribution is 4.95. The molecule has 0 amide bonds. The first-order valence-electron chi connectivity index (χ1n) is 6.14. The fourth-order valence-corrected chi connectivity index (χ4v) is 2.93. The Hall–Kier alpha value is -0.0400. The van der Waals surface area contributed by atoms with Crippen molar-refractivity contribution in [1.29, 1.82) is 0 Å². The first kappa shape index (κ1) is 10.5. The Balaban J connectivity index is 1.81. The molecule has 2 fully saturated rings. The lowest BCUT2D eigenvalue weighted by molar-refractivity contribution is 0.355. The lowest BCUT2D eigenvalue weighted by atomic mass is 9.91. The first-order chi connectivity index (χ1) is 6.40. The van der Waals surface area contributed by atoms with Crippen molar-refractivity contribution in [2.45, 2.75) is 59.4 Å². The Morgan fingerprint density at radius 2 is 1.79 bits per heavy atom. The van der Waals surface area contributed by atoms with Gasteiger partial charge in [-0.15, -0.1) is 0 Å². The number of nitrogens with one attached hydrogen (secondary N) is 1. The summed E-state index contributed by atoms with van der Waals surface area (Å²) >= 11 is 0. The summed E-state index contributed by atoms with van der Waals surface area (Å²) in [4.78, 5) is 0. The highest BCUT2D eigenvalue weighted by Crippen LogP contribution is 2.45. The normalized spacial score (nSPS) is 38.6. The smallest absolute Gasteiger partial charge is 0.00982 e. The Kier molecular flexibility index (Phi) is 2.42. The molecule has 2 saturated carbocycles. The van der Waals surface area contributed by atoms with Gasteiger partial charge in [-0.05, 0) is 42.4 Å². The maximum absolute atomic E-state index is 3.79. The minimum absolute atomic E-state index is 0.571. The highest BCUT2D eigenvalue weighted by Gasteiger charge is 2.40. The van der Waals surface area contributed by atoms with E-state index < -0.39 is 0 Å². The van der Waals surface area contributed by atoms with E-state index in [0.29, 0.717) is 10.8 Å². The van der Waals surface area contributed by atoms with Gasteiger partial charge in [0.2, 0.25) is 0 Å². The Labute approximate surface area is 88.7 Å². The summed E-state index contributed by atoms with van der Waals surface area (Å²) in [5.41, 5.74) is 1.23. The standard InChI is InChI=1S/C13H25N/c1-10-7-12(2,3)8-11(10)14-9-13(4)5-6-13/h10-11,14H,5-9H2,1-4H3. The average Bonchev–Trinajstić information content (AvgIpc) is 2.70. The summed E-state index contributed by atoms with van der Waals surface area (Å²) in [6.07, 6.45) is 5.63. The first-order valence-corrected chi connectivity index (χ1v) is 6.14. The molecule has 2 unspecified atom stereocenters. The molecule has 0 aromatic carbocycles. The SMILES string of the molecule is CC1CC(C)(C)CC1NCC1(C)CC1. The second-order valence-corrected chi connectivity index (χ2v) is 6.85. The van der Waals surface area contributed by atoms with E-state index in [2.05, 4.69) is 33.0 Å². The van der Waals surface area contributed by atoms with E-state index in [1.54, 1.807) is 0 Å². The average molecular weight is 195 g/mol. The fraction of sp³-hybridized carbons (Fsp3) is 1.00. The number of rotatable bonds is 3. The third-order valence-corrected chi connectivity index (χ3v) is 4.23. The van der Waals surface area contributed by atoms with Gasteiger partial charge >= 0.3 is 0 Å². The molecule has 2 atom stereocenters. The van der Waals surface area contributed by atoms with Crippen LogP contribution >= 0.6 is 0 Å². The van der Waals surface area contributed by atoms with Gasteiger partial charge in [-0.2, -0.15) is 0 Å². The van der Waals surface area contributed by atoms with Crippen molar-refractivity contribution in [3.63, 3.8) is 0 Å². The molecule has 2 rings (SSSR count). The molecule has 0 radical (unpaired) electrons. The van der Waals surface area contributed by atoms with Gasteiger partial charge in [0.05, 0.1) is 0 Å². The number of hydrogen-bond donors (Lipinski definition) is 1. The molecule has 0 spiro atoms. The quantitative estimate of drug-likeness (QED) is 0.729. The van der Waals surface area contributed by atoms with Crippen LogP contribution in [0.15, 0.2) is 0 Å². The Morgan fingerprint density at radius 1 is 1.14 bits per heavy atom. The maximum Gasteiger partial charge on any atom is 0.00982 e. The summed E-state index contributed by atoms with van der Waals surface area (Å²) < 4.78 is 0. The molecule has 0 aromatic heterocycles. The zero-order chi connectivity index (χ0) is 10.4. The van der Waals surface area contributed by atoms with E-state index in [4.69, 9.17) is 0 Å². The van der Waals surface area contributed by atoms with Gasteiger partial charge in [0.1, 0.15) is 0 Å². The van der Waals surface area contributed by atoms with Gasteiger partial charge in [0.25, 0.3) is 0 Å². The van der Waals surface area contributed by atoms with Crippen molar-refractivity contribution in [2.24, 2.45) is 16.7 Å². The molecule has 14 heavy (non-hydrogen) atoms. The van der Waals surface area contributed by atoms with Gasteiger partial charge < -0.3 is 5.32 Å². The molecule has 0 saturated heterocycles. The molecule has 1 heteroatoms. The molecule has 0 bridgehead atoms. The van der Waals surface area contributed by atoms with Crippen LogP contribution in [-0.4, -0.2) is 12.6 Å². The van der Waals surface area contributed by atoms with E-state index >= 15 is 0 Å². The summed E-state index contributed by atoms with van der Waals surface area (Å²) in [6, 6.07) is 0.780. The molecular weight excluding hydrogens is 170 g/mol. The van der Waals surface area contributed by atoms with Crippen LogP contribution < -0.4 is 5.32 Å². The maximum atomic E-state index is 3.79. The van der Waals surface area contributed by atoms with E-state index in [1.165, 1.54) is 32.2 Å². The summed E-state index contributed by atoms with van der Waals surface area (Å²) in [5.74, 6) is 0.868. The molecule has 0 aliphatic heterocycles. The van der Waals surface area contributed by atoms with Crippen molar-refractivity contribution < 1.29 is 0 Å². The second-order valence-electron chi connectivity index (χ2n) is 6.85. The Morgan fingerprint density at radius 3 is 2.21 bits per heavy atom.